The van der Waals surface area contributed by atoms with E-state index in [0.29, 0.717) is 5.69 Å². The summed E-state index contributed by atoms with van der Waals surface area (Å²) in [5.41, 5.74) is 6.70. The third kappa shape index (κ3) is 5.27. The molecular weight excluding hydrogens is 228 g/mol. The van der Waals surface area contributed by atoms with Crippen LogP contribution in [0, 0.1) is 0 Å². The smallest absolute Gasteiger partial charge is 0.356 e. The fourth-order valence-electron chi connectivity index (χ4n) is 1.40. The predicted molar refractivity (Wildman–Crippen MR) is 71.4 cm³/mol. The zero-order chi connectivity index (χ0) is 13.6. The standard InChI is InChI=1S/C14H22N2O2/c1-4-5-6-11-7-8-12(16-9-11)13(17)18-10-14(2,3)15/h7-9H,4-6,10,15H2,1-3H3. The Labute approximate surface area is 109 Å². The van der Waals surface area contributed by atoms with Crippen LogP contribution in [-0.4, -0.2) is 23.1 Å². The van der Waals surface area contributed by atoms with Gasteiger partial charge in [-0.05, 0) is 38.3 Å². The molecule has 1 aromatic heterocycles. The molecule has 1 heterocycles. The van der Waals surface area contributed by atoms with Gasteiger partial charge in [-0.3, -0.25) is 0 Å². The second-order valence-corrected chi connectivity index (χ2v) is 5.22. The van der Waals surface area contributed by atoms with Gasteiger partial charge in [-0.2, -0.15) is 0 Å². The van der Waals surface area contributed by atoms with Crippen LogP contribution in [0.25, 0.3) is 0 Å². The molecule has 0 saturated heterocycles. The van der Waals surface area contributed by atoms with Crippen molar-refractivity contribution in [1.82, 2.24) is 4.98 Å². The minimum atomic E-state index is -0.517. The molecular formula is C14H22N2O2. The monoisotopic (exact) mass is 250 g/mol. The largest absolute Gasteiger partial charge is 0.459 e. The molecule has 0 aliphatic rings. The summed E-state index contributed by atoms with van der Waals surface area (Å²) >= 11 is 0. The van der Waals surface area contributed by atoms with E-state index in [1.807, 2.05) is 19.9 Å². The summed E-state index contributed by atoms with van der Waals surface area (Å²) in [5.74, 6) is -0.421. The van der Waals surface area contributed by atoms with Crippen LogP contribution in [0.1, 0.15) is 49.7 Å². The number of rotatable bonds is 6. The SMILES string of the molecule is CCCCc1ccc(C(=O)OCC(C)(C)N)nc1. The molecule has 1 rings (SSSR count). The van der Waals surface area contributed by atoms with Gasteiger partial charge in [0.1, 0.15) is 12.3 Å². The minimum absolute atomic E-state index is 0.186. The number of aryl methyl sites for hydroxylation is 1. The van der Waals surface area contributed by atoms with Crippen LogP contribution in [0.5, 0.6) is 0 Å². The lowest BCUT2D eigenvalue weighted by Gasteiger charge is -2.17. The third-order valence-corrected chi connectivity index (χ3v) is 2.43. The number of unbranched alkanes of at least 4 members (excludes halogenated alkanes) is 1. The van der Waals surface area contributed by atoms with Gasteiger partial charge >= 0.3 is 5.97 Å². The Morgan fingerprint density at radius 2 is 2.17 bits per heavy atom. The fraction of sp³-hybridized carbons (Fsp3) is 0.571. The molecule has 0 saturated carbocycles. The molecule has 100 valence electrons. The number of nitrogens with two attached hydrogens (primary N) is 1. The molecule has 0 aliphatic heterocycles. The maximum absolute atomic E-state index is 11.7. The lowest BCUT2D eigenvalue weighted by molar-refractivity contribution is 0.0426. The molecule has 0 bridgehead atoms. The first-order valence-corrected chi connectivity index (χ1v) is 6.33. The van der Waals surface area contributed by atoms with Gasteiger partial charge in [0.05, 0.1) is 0 Å². The van der Waals surface area contributed by atoms with Crippen molar-refractivity contribution in [2.75, 3.05) is 6.61 Å². The molecule has 4 heteroatoms. The highest BCUT2D eigenvalue weighted by atomic mass is 16.5. The number of ether oxygens (including phenoxy) is 1. The second kappa shape index (κ2) is 6.50. The number of carbonyl (C=O) groups excluding carboxylic acids is 1. The number of carbonyl (C=O) groups is 1. The van der Waals surface area contributed by atoms with E-state index in [4.69, 9.17) is 10.5 Å². The van der Waals surface area contributed by atoms with E-state index in [0.717, 1.165) is 24.8 Å². The minimum Gasteiger partial charge on any atom is -0.459 e. The van der Waals surface area contributed by atoms with Crippen molar-refractivity contribution < 1.29 is 9.53 Å². The summed E-state index contributed by atoms with van der Waals surface area (Å²) in [5, 5.41) is 0. The van der Waals surface area contributed by atoms with Crippen LogP contribution in [0.3, 0.4) is 0 Å². The Balaban J connectivity index is 2.54. The summed E-state index contributed by atoms with van der Waals surface area (Å²) in [7, 11) is 0. The lowest BCUT2D eigenvalue weighted by Crippen LogP contribution is -2.38. The molecule has 0 fully saturated rings. The zero-order valence-electron chi connectivity index (χ0n) is 11.4. The van der Waals surface area contributed by atoms with E-state index in [1.165, 1.54) is 0 Å². The first-order valence-electron chi connectivity index (χ1n) is 6.33. The molecule has 0 aromatic carbocycles. The number of esters is 1. The number of pyridine rings is 1. The summed E-state index contributed by atoms with van der Waals surface area (Å²) in [6, 6.07) is 3.63. The zero-order valence-corrected chi connectivity index (χ0v) is 11.4. The van der Waals surface area contributed by atoms with Crippen LogP contribution in [0.15, 0.2) is 18.3 Å². The van der Waals surface area contributed by atoms with Gasteiger partial charge in [-0.15, -0.1) is 0 Å². The van der Waals surface area contributed by atoms with E-state index in [1.54, 1.807) is 12.3 Å². The third-order valence-electron chi connectivity index (χ3n) is 2.43. The van der Waals surface area contributed by atoms with Crippen molar-refractivity contribution in [3.63, 3.8) is 0 Å². The number of hydrogen-bond donors (Lipinski definition) is 1. The molecule has 0 radical (unpaired) electrons. The highest BCUT2D eigenvalue weighted by molar-refractivity contribution is 5.87. The molecule has 2 N–H and O–H groups in total. The van der Waals surface area contributed by atoms with Gasteiger partial charge in [0.15, 0.2) is 0 Å². The maximum atomic E-state index is 11.7. The molecule has 0 atom stereocenters. The highest BCUT2D eigenvalue weighted by Gasteiger charge is 2.15. The van der Waals surface area contributed by atoms with Crippen molar-refractivity contribution in [3.05, 3.63) is 29.6 Å². The highest BCUT2D eigenvalue weighted by Crippen LogP contribution is 2.07. The predicted octanol–water partition coefficient (Wildman–Crippen LogP) is 2.32. The topological polar surface area (TPSA) is 65.2 Å². The van der Waals surface area contributed by atoms with Crippen molar-refractivity contribution in [2.24, 2.45) is 5.73 Å². The van der Waals surface area contributed by atoms with Crippen LogP contribution in [0.4, 0.5) is 0 Å². The van der Waals surface area contributed by atoms with E-state index in [9.17, 15) is 4.79 Å². The van der Waals surface area contributed by atoms with Crippen LogP contribution < -0.4 is 5.73 Å². The number of hydrogen-bond acceptors (Lipinski definition) is 4. The number of aromatic nitrogens is 1. The van der Waals surface area contributed by atoms with Crippen LogP contribution in [0.2, 0.25) is 0 Å². The molecule has 0 amide bonds. The molecule has 4 nitrogen and oxygen atoms in total. The summed E-state index contributed by atoms with van der Waals surface area (Å²) < 4.78 is 5.09. The normalized spacial score (nSPS) is 11.3. The molecule has 0 spiro atoms. The van der Waals surface area contributed by atoms with Crippen LogP contribution >= 0.6 is 0 Å². The molecule has 0 aliphatic carbocycles. The Morgan fingerprint density at radius 3 is 2.67 bits per heavy atom. The van der Waals surface area contributed by atoms with Gasteiger partial charge in [-0.25, -0.2) is 9.78 Å². The van der Waals surface area contributed by atoms with Crippen molar-refractivity contribution in [1.29, 1.82) is 0 Å². The quantitative estimate of drug-likeness (QED) is 0.787. The first-order chi connectivity index (χ1) is 8.42. The van der Waals surface area contributed by atoms with Crippen molar-refractivity contribution in [3.8, 4) is 0 Å². The average Bonchev–Trinajstić information content (AvgIpc) is 2.33. The fourth-order valence-corrected chi connectivity index (χ4v) is 1.40. The molecule has 0 unspecified atom stereocenters. The Hall–Kier alpha value is -1.42. The van der Waals surface area contributed by atoms with E-state index in [-0.39, 0.29) is 6.61 Å². The first kappa shape index (κ1) is 14.6. The average molecular weight is 250 g/mol. The lowest BCUT2D eigenvalue weighted by atomic mass is 10.1. The number of nitrogens with zero attached hydrogens (tertiary/aromatic N) is 1. The van der Waals surface area contributed by atoms with Crippen molar-refractivity contribution >= 4 is 5.97 Å². The van der Waals surface area contributed by atoms with E-state index >= 15 is 0 Å². The van der Waals surface area contributed by atoms with Gasteiger partial charge < -0.3 is 10.5 Å². The summed E-state index contributed by atoms with van der Waals surface area (Å²) in [6.45, 7) is 5.95. The second-order valence-electron chi connectivity index (χ2n) is 5.22. The maximum Gasteiger partial charge on any atom is 0.356 e. The van der Waals surface area contributed by atoms with E-state index in [2.05, 4.69) is 11.9 Å². The Kier molecular flexibility index (Phi) is 5.28. The van der Waals surface area contributed by atoms with Gasteiger partial charge in [0.2, 0.25) is 0 Å². The van der Waals surface area contributed by atoms with E-state index < -0.39 is 11.5 Å². The van der Waals surface area contributed by atoms with Gasteiger partial charge in [0, 0.05) is 11.7 Å². The molecule has 1 aromatic rings. The summed E-state index contributed by atoms with van der Waals surface area (Å²) in [4.78, 5) is 15.8. The Morgan fingerprint density at radius 1 is 1.44 bits per heavy atom. The Bertz CT molecular complexity index is 380. The summed E-state index contributed by atoms with van der Waals surface area (Å²) in [6.07, 6.45) is 5.01. The van der Waals surface area contributed by atoms with Crippen LogP contribution in [-0.2, 0) is 11.2 Å². The van der Waals surface area contributed by atoms with Gasteiger partial charge in [-0.1, -0.05) is 19.4 Å². The molecule has 18 heavy (non-hydrogen) atoms. The van der Waals surface area contributed by atoms with Gasteiger partial charge in [0.25, 0.3) is 0 Å². The van der Waals surface area contributed by atoms with Crippen molar-refractivity contribution in [2.45, 2.75) is 45.6 Å².